The third kappa shape index (κ3) is 3.46. The van der Waals surface area contributed by atoms with Gasteiger partial charge in [0.15, 0.2) is 0 Å². The predicted molar refractivity (Wildman–Crippen MR) is 117 cm³/mol. The van der Waals surface area contributed by atoms with Crippen LogP contribution in [-0.4, -0.2) is 10.4 Å². The monoisotopic (exact) mass is 373 g/mol. The maximum atomic E-state index is 6.05. The number of aromatic nitrogens is 1. The maximum absolute atomic E-state index is 6.05. The van der Waals surface area contributed by atoms with Crippen molar-refractivity contribution in [3.8, 4) is 0 Å². The van der Waals surface area contributed by atoms with Crippen LogP contribution < -0.4 is 5.73 Å². The average molecular weight is 374 g/mol. The van der Waals surface area contributed by atoms with Crippen LogP contribution >= 0.6 is 11.6 Å². The smallest absolute Gasteiger partial charge is 0.124 e. The van der Waals surface area contributed by atoms with Crippen molar-refractivity contribution >= 4 is 51.0 Å². The van der Waals surface area contributed by atoms with Gasteiger partial charge in [-0.05, 0) is 61.0 Å². The van der Waals surface area contributed by atoms with E-state index in [1.165, 1.54) is 21.8 Å². The summed E-state index contributed by atoms with van der Waals surface area (Å²) in [5, 5.41) is 3.21. The lowest BCUT2D eigenvalue weighted by Gasteiger charge is -2.02. The summed E-state index contributed by atoms with van der Waals surface area (Å²) in [4.78, 5) is 4.39. The number of rotatable bonds is 4. The molecule has 0 atom stereocenters. The number of amidine groups is 1. The number of aliphatic imine (C=N–C) groups is 1. The molecule has 0 spiro atoms. The summed E-state index contributed by atoms with van der Waals surface area (Å²) < 4.78 is 2.34. The highest BCUT2D eigenvalue weighted by Crippen LogP contribution is 2.30. The molecule has 0 aliphatic rings. The first-order valence-corrected chi connectivity index (χ1v) is 9.32. The van der Waals surface area contributed by atoms with Crippen LogP contribution in [-0.2, 0) is 6.54 Å². The first kappa shape index (κ1) is 17.4. The van der Waals surface area contributed by atoms with Crippen molar-refractivity contribution in [1.82, 2.24) is 4.57 Å². The van der Waals surface area contributed by atoms with Crippen molar-refractivity contribution < 1.29 is 0 Å². The number of para-hydroxylation sites is 1. The molecule has 3 aromatic carbocycles. The molecule has 27 heavy (non-hydrogen) atoms. The van der Waals surface area contributed by atoms with Crippen LogP contribution in [0.15, 0.2) is 77.8 Å². The predicted octanol–water partition coefficient (Wildman–Crippen LogP) is 6.17. The number of hydrogen-bond acceptors (Lipinski definition) is 1. The third-order valence-electron chi connectivity index (χ3n) is 4.64. The summed E-state index contributed by atoms with van der Waals surface area (Å²) in [6.07, 6.45) is 3.82. The van der Waals surface area contributed by atoms with E-state index in [0.29, 0.717) is 10.9 Å². The van der Waals surface area contributed by atoms with Crippen LogP contribution in [0.4, 0.5) is 5.69 Å². The number of hydrogen-bond donors (Lipinski definition) is 1. The zero-order valence-corrected chi connectivity index (χ0v) is 15.8. The molecule has 0 fully saturated rings. The average Bonchev–Trinajstić information content (AvgIpc) is 3.01. The van der Waals surface area contributed by atoms with Crippen LogP contribution in [0, 0.1) is 0 Å². The molecule has 0 aliphatic heterocycles. The second-order valence-corrected chi connectivity index (χ2v) is 6.82. The normalized spacial score (nSPS) is 12.4. The Labute approximate surface area is 163 Å². The van der Waals surface area contributed by atoms with E-state index < -0.39 is 0 Å². The van der Waals surface area contributed by atoms with Gasteiger partial charge in [-0.15, -0.1) is 0 Å². The summed E-state index contributed by atoms with van der Waals surface area (Å²) in [5.41, 5.74) is 10.4. The van der Waals surface area contributed by atoms with E-state index in [4.69, 9.17) is 17.3 Å². The highest BCUT2D eigenvalue weighted by Gasteiger charge is 2.08. The maximum Gasteiger partial charge on any atom is 0.124 e. The van der Waals surface area contributed by atoms with Gasteiger partial charge in [-0.3, -0.25) is 0 Å². The van der Waals surface area contributed by atoms with Crippen LogP contribution in [0.5, 0.6) is 0 Å². The molecule has 4 rings (SSSR count). The minimum absolute atomic E-state index is 0.452. The molecule has 1 heterocycles. The molecule has 2 N–H and O–H groups in total. The Hall–Kier alpha value is -3.04. The number of nitrogens with two attached hydrogens (primary N) is 1. The molecule has 0 aliphatic carbocycles. The summed E-state index contributed by atoms with van der Waals surface area (Å²) in [6, 6.07) is 22.3. The first-order chi connectivity index (χ1) is 13.2. The Bertz CT molecular complexity index is 1170. The Kier molecular flexibility index (Phi) is 4.69. The second-order valence-electron chi connectivity index (χ2n) is 6.38. The topological polar surface area (TPSA) is 43.3 Å². The van der Waals surface area contributed by atoms with Gasteiger partial charge in [0.05, 0.1) is 5.69 Å². The number of benzene rings is 3. The van der Waals surface area contributed by atoms with Gasteiger partial charge >= 0.3 is 0 Å². The summed E-state index contributed by atoms with van der Waals surface area (Å²) >= 11 is 5.90. The van der Waals surface area contributed by atoms with E-state index in [-0.39, 0.29) is 0 Å². The van der Waals surface area contributed by atoms with Crippen molar-refractivity contribution in [3.63, 3.8) is 0 Å². The Morgan fingerprint density at radius 2 is 1.74 bits per heavy atom. The van der Waals surface area contributed by atoms with Crippen molar-refractivity contribution in [2.75, 3.05) is 0 Å². The molecule has 4 aromatic rings. The van der Waals surface area contributed by atoms with Gasteiger partial charge in [0.1, 0.15) is 5.84 Å². The summed E-state index contributed by atoms with van der Waals surface area (Å²) in [6.45, 7) is 3.12. The molecular weight excluding hydrogens is 354 g/mol. The van der Waals surface area contributed by atoms with Crippen molar-refractivity contribution in [1.29, 1.82) is 0 Å². The summed E-state index contributed by atoms with van der Waals surface area (Å²) in [5.74, 6) is 0.452. The Morgan fingerprint density at radius 3 is 2.52 bits per heavy atom. The van der Waals surface area contributed by atoms with Gasteiger partial charge in [0.25, 0.3) is 0 Å². The quantitative estimate of drug-likeness (QED) is 0.337. The van der Waals surface area contributed by atoms with Crippen LogP contribution in [0.3, 0.4) is 0 Å². The van der Waals surface area contributed by atoms with Crippen molar-refractivity contribution in [2.24, 2.45) is 10.7 Å². The van der Waals surface area contributed by atoms with E-state index in [1.54, 1.807) is 12.1 Å². The Morgan fingerprint density at radius 1 is 1.00 bits per heavy atom. The van der Waals surface area contributed by atoms with Crippen molar-refractivity contribution in [3.05, 3.63) is 83.4 Å². The molecule has 1 aromatic heterocycles. The third-order valence-corrected chi connectivity index (χ3v) is 4.90. The highest BCUT2D eigenvalue weighted by atomic mass is 35.5. The fourth-order valence-corrected chi connectivity index (χ4v) is 3.53. The molecule has 0 saturated heterocycles. The van der Waals surface area contributed by atoms with Gasteiger partial charge in [0.2, 0.25) is 0 Å². The van der Waals surface area contributed by atoms with Gasteiger partial charge < -0.3 is 10.3 Å². The molecule has 134 valence electrons. The van der Waals surface area contributed by atoms with Gasteiger partial charge in [-0.1, -0.05) is 41.9 Å². The molecular formula is C23H20ClN3. The molecule has 0 saturated carbocycles. The molecule has 0 radical (unpaired) electrons. The fraction of sp³-hybridized carbons (Fsp3) is 0.0870. The molecule has 4 heteroatoms. The first-order valence-electron chi connectivity index (χ1n) is 8.94. The van der Waals surface area contributed by atoms with E-state index in [0.717, 1.165) is 17.8 Å². The second kappa shape index (κ2) is 7.29. The van der Waals surface area contributed by atoms with E-state index in [2.05, 4.69) is 58.9 Å². The minimum Gasteiger partial charge on any atom is -0.384 e. The number of nitrogens with zero attached hydrogens (tertiary/aromatic N) is 2. The van der Waals surface area contributed by atoms with Crippen LogP contribution in [0.1, 0.15) is 12.5 Å². The van der Waals surface area contributed by atoms with Gasteiger partial charge in [0, 0.05) is 33.4 Å². The zero-order chi connectivity index (χ0) is 18.8. The largest absolute Gasteiger partial charge is 0.384 e. The van der Waals surface area contributed by atoms with E-state index in [9.17, 15) is 0 Å². The zero-order valence-electron chi connectivity index (χ0n) is 15.1. The molecule has 0 bridgehead atoms. The molecule has 0 unspecified atom stereocenters. The van der Waals surface area contributed by atoms with Crippen LogP contribution in [0.25, 0.3) is 27.9 Å². The van der Waals surface area contributed by atoms with E-state index >= 15 is 0 Å². The molecule has 3 nitrogen and oxygen atoms in total. The van der Waals surface area contributed by atoms with Crippen LogP contribution in [0.2, 0.25) is 5.02 Å². The van der Waals surface area contributed by atoms with Gasteiger partial charge in [-0.2, -0.15) is 0 Å². The lowest BCUT2D eigenvalue weighted by atomic mass is 10.1. The highest BCUT2D eigenvalue weighted by molar-refractivity contribution is 6.30. The number of fused-ring (bicyclic) bond motifs is 3. The number of halogens is 1. The molecule has 0 amide bonds. The van der Waals surface area contributed by atoms with E-state index in [1.807, 2.05) is 24.3 Å². The SMILES string of the molecule is CCn1c2ccccc2c2cc(C=CC(N)=Nc3ccc(Cl)cc3)ccc21. The lowest BCUT2D eigenvalue weighted by Crippen LogP contribution is -2.06. The summed E-state index contributed by atoms with van der Waals surface area (Å²) in [7, 11) is 0. The Balaban J connectivity index is 1.69. The lowest BCUT2D eigenvalue weighted by molar-refractivity contribution is 0.827. The number of aryl methyl sites for hydroxylation is 1. The standard InChI is InChI=1S/C23H20ClN3/c1-2-27-21-6-4-3-5-19(21)20-15-16(7-13-22(20)27)8-14-23(25)26-18-11-9-17(24)10-12-18/h3-15H,2H2,1H3,(H2,25,26). The fourth-order valence-electron chi connectivity index (χ4n) is 3.40. The van der Waals surface area contributed by atoms with Gasteiger partial charge in [-0.25, -0.2) is 4.99 Å². The van der Waals surface area contributed by atoms with Crippen molar-refractivity contribution in [2.45, 2.75) is 13.5 Å². The minimum atomic E-state index is 0.452.